The molecule has 1 heterocycles. The lowest BCUT2D eigenvalue weighted by atomic mass is 10.0. The molecule has 0 radical (unpaired) electrons. The highest BCUT2D eigenvalue weighted by molar-refractivity contribution is 6.04. The van der Waals surface area contributed by atoms with E-state index in [1.807, 2.05) is 30.3 Å². The molecule has 2 aliphatic rings. The molecule has 1 saturated heterocycles. The van der Waals surface area contributed by atoms with Gasteiger partial charge in [0.05, 0.1) is 6.61 Å². The second-order valence-electron chi connectivity index (χ2n) is 6.81. The molecule has 0 bridgehead atoms. The van der Waals surface area contributed by atoms with Crippen molar-refractivity contribution < 1.29 is 14.3 Å². The third-order valence-corrected chi connectivity index (χ3v) is 5.06. The zero-order valence-electron chi connectivity index (χ0n) is 13.8. The molecule has 1 aliphatic heterocycles. The fourth-order valence-electron chi connectivity index (χ4n) is 3.47. The second kappa shape index (κ2) is 6.33. The predicted octanol–water partition coefficient (Wildman–Crippen LogP) is 3.30. The zero-order valence-corrected chi connectivity index (χ0v) is 13.8. The van der Waals surface area contributed by atoms with Gasteiger partial charge in [-0.2, -0.15) is 0 Å². The number of hydrogen-bond acceptors (Lipinski definition) is 3. The monoisotopic (exact) mass is 336 g/mol. The van der Waals surface area contributed by atoms with E-state index < -0.39 is 0 Å². The molecule has 4 rings (SSSR count). The van der Waals surface area contributed by atoms with Crippen molar-refractivity contribution in [2.75, 3.05) is 23.8 Å². The Bertz CT molecular complexity index is 798. The summed E-state index contributed by atoms with van der Waals surface area (Å²) in [6, 6.07) is 16.3. The first-order valence-corrected chi connectivity index (χ1v) is 8.51. The van der Waals surface area contributed by atoms with Gasteiger partial charge in [-0.1, -0.05) is 24.3 Å². The van der Waals surface area contributed by atoms with Crippen molar-refractivity contribution in [2.24, 2.45) is 11.3 Å². The highest BCUT2D eigenvalue weighted by Crippen LogP contribution is 2.58. The van der Waals surface area contributed by atoms with Crippen LogP contribution in [0.25, 0.3) is 0 Å². The molecule has 1 spiro atoms. The molecular formula is C20H20N2O3. The first-order chi connectivity index (χ1) is 12.2. The lowest BCUT2D eigenvalue weighted by Crippen LogP contribution is -2.19. The second-order valence-corrected chi connectivity index (χ2v) is 6.81. The van der Waals surface area contributed by atoms with Gasteiger partial charge >= 0.3 is 0 Å². The number of carbonyl (C=O) groups excluding carboxylic acids is 2. The van der Waals surface area contributed by atoms with Crippen LogP contribution < -0.4 is 10.6 Å². The molecule has 2 unspecified atom stereocenters. The summed E-state index contributed by atoms with van der Waals surface area (Å²) in [6.45, 7) is 1.45. The first kappa shape index (κ1) is 15.8. The molecule has 1 saturated carbocycles. The quantitative estimate of drug-likeness (QED) is 0.900. The summed E-state index contributed by atoms with van der Waals surface area (Å²) >= 11 is 0. The Hall–Kier alpha value is -2.66. The zero-order chi connectivity index (χ0) is 17.3. The predicted molar refractivity (Wildman–Crippen MR) is 95.4 cm³/mol. The Balaban J connectivity index is 1.40. The molecule has 0 aromatic heterocycles. The molecule has 2 atom stereocenters. The van der Waals surface area contributed by atoms with E-state index in [0.29, 0.717) is 23.5 Å². The number of rotatable bonds is 4. The fraction of sp³-hybridized carbons (Fsp3) is 0.300. The highest BCUT2D eigenvalue weighted by Gasteiger charge is 2.59. The Labute approximate surface area is 146 Å². The summed E-state index contributed by atoms with van der Waals surface area (Å²) in [7, 11) is 0. The molecule has 2 amide bonds. The minimum atomic E-state index is -0.173. The molecule has 25 heavy (non-hydrogen) atoms. The molecular weight excluding hydrogens is 316 g/mol. The Morgan fingerprint density at radius 1 is 1.00 bits per heavy atom. The molecule has 128 valence electrons. The van der Waals surface area contributed by atoms with Crippen LogP contribution in [0.5, 0.6) is 0 Å². The smallest absolute Gasteiger partial charge is 0.255 e. The normalized spacial score (nSPS) is 24.1. The van der Waals surface area contributed by atoms with E-state index in [-0.39, 0.29) is 23.1 Å². The lowest BCUT2D eigenvalue weighted by molar-refractivity contribution is -0.118. The molecule has 5 nitrogen and oxygen atoms in total. The van der Waals surface area contributed by atoms with Crippen molar-refractivity contribution in [3.8, 4) is 0 Å². The number of amides is 2. The van der Waals surface area contributed by atoms with Crippen LogP contribution >= 0.6 is 0 Å². The number of nitrogens with one attached hydrogen (secondary N) is 2. The standard InChI is InChI=1S/C20H20N2O3/c23-18(14-5-2-1-3-6-14)21-15-7-4-8-16(11-15)22-19(24)17-12-20(17)9-10-25-13-20/h1-8,11,17H,9-10,12-13H2,(H,21,23)(H,22,24). The van der Waals surface area contributed by atoms with Crippen LogP contribution in [0.2, 0.25) is 0 Å². The average Bonchev–Trinajstić information content (AvgIpc) is 3.13. The van der Waals surface area contributed by atoms with Crippen molar-refractivity contribution in [3.63, 3.8) is 0 Å². The maximum atomic E-state index is 12.4. The molecule has 1 aliphatic carbocycles. The lowest BCUT2D eigenvalue weighted by Gasteiger charge is -2.10. The van der Waals surface area contributed by atoms with Gasteiger partial charge in [-0.3, -0.25) is 9.59 Å². The minimum Gasteiger partial charge on any atom is -0.381 e. The van der Waals surface area contributed by atoms with E-state index in [4.69, 9.17) is 4.74 Å². The maximum absolute atomic E-state index is 12.4. The molecule has 2 aromatic rings. The van der Waals surface area contributed by atoms with Gasteiger partial charge < -0.3 is 15.4 Å². The largest absolute Gasteiger partial charge is 0.381 e. The van der Waals surface area contributed by atoms with Crippen molar-refractivity contribution in [3.05, 3.63) is 60.2 Å². The van der Waals surface area contributed by atoms with E-state index in [1.54, 1.807) is 24.3 Å². The van der Waals surface area contributed by atoms with Crippen LogP contribution in [0, 0.1) is 11.3 Å². The number of ether oxygens (including phenoxy) is 1. The average molecular weight is 336 g/mol. The van der Waals surface area contributed by atoms with Crippen molar-refractivity contribution in [2.45, 2.75) is 12.8 Å². The molecule has 5 heteroatoms. The summed E-state index contributed by atoms with van der Waals surface area (Å²) in [5.41, 5.74) is 2.01. The summed E-state index contributed by atoms with van der Waals surface area (Å²) in [6.07, 6.45) is 1.88. The van der Waals surface area contributed by atoms with Crippen LogP contribution in [0.4, 0.5) is 11.4 Å². The summed E-state index contributed by atoms with van der Waals surface area (Å²) < 4.78 is 5.43. The van der Waals surface area contributed by atoms with Crippen LogP contribution in [0.1, 0.15) is 23.2 Å². The Morgan fingerprint density at radius 2 is 1.76 bits per heavy atom. The van der Waals surface area contributed by atoms with Gasteiger partial charge in [0.2, 0.25) is 5.91 Å². The number of benzene rings is 2. The summed E-state index contributed by atoms with van der Waals surface area (Å²) in [4.78, 5) is 24.7. The molecule has 2 N–H and O–H groups in total. The van der Waals surface area contributed by atoms with Crippen LogP contribution in [-0.4, -0.2) is 25.0 Å². The van der Waals surface area contributed by atoms with E-state index in [1.165, 1.54) is 0 Å². The van der Waals surface area contributed by atoms with E-state index in [9.17, 15) is 9.59 Å². The van der Waals surface area contributed by atoms with E-state index >= 15 is 0 Å². The molecule has 2 fully saturated rings. The third-order valence-electron chi connectivity index (χ3n) is 5.06. The van der Waals surface area contributed by atoms with Gasteiger partial charge in [0.1, 0.15) is 0 Å². The number of hydrogen-bond donors (Lipinski definition) is 2. The van der Waals surface area contributed by atoms with Gasteiger partial charge in [0.25, 0.3) is 5.91 Å². The topological polar surface area (TPSA) is 67.4 Å². The molecule has 2 aromatic carbocycles. The van der Waals surface area contributed by atoms with Crippen LogP contribution in [0.15, 0.2) is 54.6 Å². The van der Waals surface area contributed by atoms with Crippen molar-refractivity contribution in [1.29, 1.82) is 0 Å². The van der Waals surface area contributed by atoms with Crippen LogP contribution in [-0.2, 0) is 9.53 Å². The number of anilines is 2. The fourth-order valence-corrected chi connectivity index (χ4v) is 3.47. The van der Waals surface area contributed by atoms with Crippen LogP contribution in [0.3, 0.4) is 0 Å². The number of carbonyl (C=O) groups is 2. The Kier molecular flexibility index (Phi) is 4.01. The van der Waals surface area contributed by atoms with Gasteiger partial charge in [0.15, 0.2) is 0 Å². The summed E-state index contributed by atoms with van der Waals surface area (Å²) in [5, 5.41) is 5.82. The van der Waals surface area contributed by atoms with Gasteiger partial charge in [-0.05, 0) is 43.2 Å². The van der Waals surface area contributed by atoms with Crippen molar-refractivity contribution in [1.82, 2.24) is 0 Å². The first-order valence-electron chi connectivity index (χ1n) is 8.51. The maximum Gasteiger partial charge on any atom is 0.255 e. The Morgan fingerprint density at radius 3 is 2.48 bits per heavy atom. The highest BCUT2D eigenvalue weighted by atomic mass is 16.5. The van der Waals surface area contributed by atoms with Crippen molar-refractivity contribution >= 4 is 23.2 Å². The van der Waals surface area contributed by atoms with Gasteiger partial charge in [0, 0.05) is 34.9 Å². The van der Waals surface area contributed by atoms with E-state index in [2.05, 4.69) is 10.6 Å². The minimum absolute atomic E-state index is 0.0389. The SMILES string of the molecule is O=C(Nc1cccc(NC(=O)C2CC23CCOC3)c1)c1ccccc1. The third kappa shape index (κ3) is 3.28. The van der Waals surface area contributed by atoms with Gasteiger partial charge in [-0.15, -0.1) is 0 Å². The summed E-state index contributed by atoms with van der Waals surface area (Å²) in [5.74, 6) is -0.0945. The van der Waals surface area contributed by atoms with Gasteiger partial charge in [-0.25, -0.2) is 0 Å². The van der Waals surface area contributed by atoms with E-state index in [0.717, 1.165) is 19.4 Å².